The van der Waals surface area contributed by atoms with Crippen molar-refractivity contribution in [3.05, 3.63) is 66.2 Å². The lowest BCUT2D eigenvalue weighted by molar-refractivity contribution is -0.139. The van der Waals surface area contributed by atoms with Crippen molar-refractivity contribution in [2.75, 3.05) is 17.1 Å². The Morgan fingerprint density at radius 2 is 1.52 bits per heavy atom. The highest BCUT2D eigenvalue weighted by Gasteiger charge is 2.30. The molecule has 0 bridgehead atoms. The van der Waals surface area contributed by atoms with Crippen molar-refractivity contribution < 1.29 is 18.0 Å². The zero-order chi connectivity index (χ0) is 23.0. The Morgan fingerprint density at radius 3 is 2.03 bits per heavy atom. The van der Waals surface area contributed by atoms with Crippen molar-refractivity contribution in [2.45, 2.75) is 45.8 Å². The molecule has 2 rings (SSSR count). The number of nitrogens with one attached hydrogen (secondary N) is 1. The minimum absolute atomic E-state index is 0.0273. The Hall–Kier alpha value is -2.87. The first-order chi connectivity index (χ1) is 14.6. The number of anilines is 1. The van der Waals surface area contributed by atoms with Gasteiger partial charge in [-0.15, -0.1) is 0 Å². The van der Waals surface area contributed by atoms with Gasteiger partial charge in [0.05, 0.1) is 11.9 Å². The van der Waals surface area contributed by atoms with Gasteiger partial charge >= 0.3 is 0 Å². The van der Waals surface area contributed by atoms with Crippen LogP contribution in [0.3, 0.4) is 0 Å². The number of para-hydroxylation sites is 1. The second-order valence-electron chi connectivity index (χ2n) is 7.61. The van der Waals surface area contributed by atoms with E-state index in [1.807, 2.05) is 44.2 Å². The van der Waals surface area contributed by atoms with Crippen LogP contribution in [0.1, 0.15) is 32.8 Å². The van der Waals surface area contributed by atoms with E-state index in [1.54, 1.807) is 37.3 Å². The van der Waals surface area contributed by atoms with E-state index in [-0.39, 0.29) is 18.5 Å². The van der Waals surface area contributed by atoms with Crippen LogP contribution in [-0.2, 0) is 26.2 Å². The van der Waals surface area contributed by atoms with Gasteiger partial charge < -0.3 is 10.2 Å². The van der Waals surface area contributed by atoms with Crippen LogP contribution in [0.15, 0.2) is 60.7 Å². The molecule has 0 radical (unpaired) electrons. The van der Waals surface area contributed by atoms with Crippen molar-refractivity contribution in [1.29, 1.82) is 0 Å². The predicted octanol–water partition coefficient (Wildman–Crippen LogP) is 2.78. The Bertz CT molecular complexity index is 965. The number of nitrogens with zero attached hydrogens (tertiary/aromatic N) is 2. The molecule has 1 N–H and O–H groups in total. The van der Waals surface area contributed by atoms with Gasteiger partial charge in [-0.25, -0.2) is 8.42 Å². The third kappa shape index (κ3) is 7.10. The molecule has 0 aromatic heterocycles. The van der Waals surface area contributed by atoms with Crippen LogP contribution >= 0.6 is 0 Å². The zero-order valence-electron chi connectivity index (χ0n) is 18.5. The number of hydrogen-bond acceptors (Lipinski definition) is 4. The fourth-order valence-electron chi connectivity index (χ4n) is 3.04. The molecule has 0 saturated carbocycles. The molecule has 0 fully saturated rings. The third-order valence-electron chi connectivity index (χ3n) is 5.09. The van der Waals surface area contributed by atoms with Crippen LogP contribution in [0.25, 0.3) is 0 Å². The van der Waals surface area contributed by atoms with Crippen LogP contribution in [0.5, 0.6) is 0 Å². The highest BCUT2D eigenvalue weighted by atomic mass is 32.2. The fourth-order valence-corrected chi connectivity index (χ4v) is 3.89. The van der Waals surface area contributed by atoms with Crippen molar-refractivity contribution in [3.8, 4) is 0 Å². The molecular weight excluding hydrogens is 414 g/mol. The monoisotopic (exact) mass is 445 g/mol. The first-order valence-corrected chi connectivity index (χ1v) is 12.1. The minimum atomic E-state index is -3.70. The van der Waals surface area contributed by atoms with E-state index >= 15 is 0 Å². The van der Waals surface area contributed by atoms with Gasteiger partial charge in [-0.3, -0.25) is 13.9 Å². The number of amides is 2. The van der Waals surface area contributed by atoms with E-state index in [4.69, 9.17) is 0 Å². The quantitative estimate of drug-likeness (QED) is 0.609. The number of rotatable bonds is 10. The van der Waals surface area contributed by atoms with Gasteiger partial charge in [0.2, 0.25) is 21.8 Å². The zero-order valence-corrected chi connectivity index (χ0v) is 19.3. The Kier molecular flexibility index (Phi) is 8.62. The summed E-state index contributed by atoms with van der Waals surface area (Å²) in [4.78, 5) is 27.5. The van der Waals surface area contributed by atoms with Crippen molar-refractivity contribution >= 4 is 27.5 Å². The molecular formula is C23H31N3O4S. The van der Waals surface area contributed by atoms with E-state index in [2.05, 4.69) is 5.32 Å². The van der Waals surface area contributed by atoms with E-state index in [9.17, 15) is 18.0 Å². The summed E-state index contributed by atoms with van der Waals surface area (Å²) >= 11 is 0. The summed E-state index contributed by atoms with van der Waals surface area (Å²) in [6.45, 7) is 5.32. The Labute approximate surface area is 185 Å². The van der Waals surface area contributed by atoms with E-state index in [1.165, 1.54) is 4.90 Å². The van der Waals surface area contributed by atoms with Gasteiger partial charge in [0.15, 0.2) is 0 Å². The van der Waals surface area contributed by atoms with Crippen molar-refractivity contribution in [2.24, 2.45) is 0 Å². The van der Waals surface area contributed by atoms with Gasteiger partial charge in [0.1, 0.15) is 12.6 Å². The molecule has 0 heterocycles. The molecule has 2 aromatic carbocycles. The molecule has 2 amide bonds. The number of hydrogen-bond donors (Lipinski definition) is 1. The van der Waals surface area contributed by atoms with Gasteiger partial charge in [0, 0.05) is 12.6 Å². The first kappa shape index (κ1) is 24.4. The van der Waals surface area contributed by atoms with Crippen molar-refractivity contribution in [3.63, 3.8) is 0 Å². The van der Waals surface area contributed by atoms with Gasteiger partial charge in [-0.1, -0.05) is 55.5 Å². The maximum Gasteiger partial charge on any atom is 0.244 e. The predicted molar refractivity (Wildman–Crippen MR) is 123 cm³/mol. The molecule has 168 valence electrons. The maximum atomic E-state index is 13.3. The molecule has 0 unspecified atom stereocenters. The standard InChI is InChI=1S/C23H31N3O4S/c1-5-18(2)24-23(28)19(3)25(16-20-12-8-6-9-13-20)22(27)17-26(31(4,29)30)21-14-10-7-11-15-21/h6-15,18-19H,5,16-17H2,1-4H3,(H,24,28)/t18-,19-/m1/s1. The number of sulfonamides is 1. The van der Waals surface area contributed by atoms with E-state index in [0.29, 0.717) is 5.69 Å². The molecule has 31 heavy (non-hydrogen) atoms. The fraction of sp³-hybridized carbons (Fsp3) is 0.391. The average Bonchev–Trinajstić information content (AvgIpc) is 2.75. The molecule has 8 heteroatoms. The summed E-state index contributed by atoms with van der Waals surface area (Å²) in [6, 6.07) is 17.0. The summed E-state index contributed by atoms with van der Waals surface area (Å²) < 4.78 is 25.9. The second kappa shape index (κ2) is 10.9. The summed E-state index contributed by atoms with van der Waals surface area (Å²) in [6.07, 6.45) is 1.83. The lowest BCUT2D eigenvalue weighted by Crippen LogP contribution is -2.52. The van der Waals surface area contributed by atoms with E-state index in [0.717, 1.165) is 22.5 Å². The Balaban J connectivity index is 2.32. The molecule has 0 saturated heterocycles. The topological polar surface area (TPSA) is 86.8 Å². The van der Waals surface area contributed by atoms with E-state index < -0.39 is 28.5 Å². The Morgan fingerprint density at radius 1 is 0.968 bits per heavy atom. The molecule has 2 aromatic rings. The highest BCUT2D eigenvalue weighted by Crippen LogP contribution is 2.18. The number of carbonyl (C=O) groups is 2. The molecule has 0 spiro atoms. The average molecular weight is 446 g/mol. The molecule has 7 nitrogen and oxygen atoms in total. The van der Waals surface area contributed by atoms with Crippen LogP contribution in [-0.4, -0.2) is 50.0 Å². The summed E-state index contributed by atoms with van der Waals surface area (Å²) in [5.74, 6) is -0.728. The third-order valence-corrected chi connectivity index (χ3v) is 6.23. The van der Waals surface area contributed by atoms with Gasteiger partial charge in [-0.05, 0) is 38.0 Å². The lowest BCUT2D eigenvalue weighted by Gasteiger charge is -2.32. The summed E-state index contributed by atoms with van der Waals surface area (Å²) in [5.41, 5.74) is 1.25. The second-order valence-corrected chi connectivity index (χ2v) is 9.51. The van der Waals surface area contributed by atoms with Gasteiger partial charge in [-0.2, -0.15) is 0 Å². The SMILES string of the molecule is CC[C@@H](C)NC(=O)[C@@H](C)N(Cc1ccccc1)C(=O)CN(c1ccccc1)S(C)(=O)=O. The van der Waals surface area contributed by atoms with Crippen LogP contribution in [0, 0.1) is 0 Å². The number of benzene rings is 2. The maximum absolute atomic E-state index is 13.3. The summed E-state index contributed by atoms with van der Waals surface area (Å²) in [7, 11) is -3.70. The lowest BCUT2D eigenvalue weighted by atomic mass is 10.1. The van der Waals surface area contributed by atoms with Crippen molar-refractivity contribution in [1.82, 2.24) is 10.2 Å². The first-order valence-electron chi connectivity index (χ1n) is 10.3. The molecule has 0 aliphatic heterocycles. The molecule has 0 aliphatic carbocycles. The molecule has 0 aliphatic rings. The van der Waals surface area contributed by atoms with Crippen LogP contribution in [0.4, 0.5) is 5.69 Å². The normalized spacial score (nSPS) is 13.2. The smallest absolute Gasteiger partial charge is 0.244 e. The highest BCUT2D eigenvalue weighted by molar-refractivity contribution is 7.92. The van der Waals surface area contributed by atoms with Crippen LogP contribution in [0.2, 0.25) is 0 Å². The minimum Gasteiger partial charge on any atom is -0.352 e. The van der Waals surface area contributed by atoms with Gasteiger partial charge in [0.25, 0.3) is 0 Å². The summed E-state index contributed by atoms with van der Waals surface area (Å²) in [5, 5.41) is 2.90. The largest absolute Gasteiger partial charge is 0.352 e. The van der Waals surface area contributed by atoms with Crippen LogP contribution < -0.4 is 9.62 Å². The number of carbonyl (C=O) groups excluding carboxylic acids is 2. The molecule has 2 atom stereocenters.